The maximum atomic E-state index is 11.6. The Morgan fingerprint density at radius 2 is 1.95 bits per heavy atom. The summed E-state index contributed by atoms with van der Waals surface area (Å²) in [6.45, 7) is 0.375. The highest BCUT2D eigenvalue weighted by molar-refractivity contribution is 5.74. The summed E-state index contributed by atoms with van der Waals surface area (Å²) < 4.78 is 16.0. The number of benzene rings is 1. The second-order valence-electron chi connectivity index (χ2n) is 5.09. The Morgan fingerprint density at radius 3 is 2.55 bits per heavy atom. The Morgan fingerprint density at radius 1 is 1.27 bits per heavy atom. The van der Waals surface area contributed by atoms with Crippen molar-refractivity contribution in [3.8, 4) is 11.5 Å². The molecule has 1 aromatic carbocycles. The minimum atomic E-state index is -1.19. The van der Waals surface area contributed by atoms with Gasteiger partial charge in [0.2, 0.25) is 6.10 Å². The predicted molar refractivity (Wildman–Crippen MR) is 75.1 cm³/mol. The van der Waals surface area contributed by atoms with Gasteiger partial charge in [-0.05, 0) is 12.1 Å². The maximum absolute atomic E-state index is 11.6. The number of hydrogen-bond acceptors (Lipinski definition) is 5. The number of para-hydroxylation sites is 2. The molecule has 0 aliphatic carbocycles. The fraction of sp³-hybridized carbons (Fsp3) is 0.467. The van der Waals surface area contributed by atoms with E-state index in [-0.39, 0.29) is 19.6 Å². The van der Waals surface area contributed by atoms with E-state index < -0.39 is 29.9 Å². The molecule has 0 aromatic heterocycles. The lowest BCUT2D eigenvalue weighted by atomic mass is 9.88. The van der Waals surface area contributed by atoms with Crippen LogP contribution in [0.25, 0.3) is 0 Å². The van der Waals surface area contributed by atoms with Crippen molar-refractivity contribution in [1.29, 1.82) is 0 Å². The van der Waals surface area contributed by atoms with Gasteiger partial charge in [-0.1, -0.05) is 12.1 Å². The van der Waals surface area contributed by atoms with Gasteiger partial charge in [0.05, 0.1) is 26.7 Å². The third-order valence-electron chi connectivity index (χ3n) is 3.64. The van der Waals surface area contributed by atoms with E-state index in [1.54, 1.807) is 24.3 Å². The van der Waals surface area contributed by atoms with E-state index in [0.717, 1.165) is 0 Å². The van der Waals surface area contributed by atoms with Crippen LogP contribution in [-0.2, 0) is 14.3 Å². The van der Waals surface area contributed by atoms with E-state index in [0.29, 0.717) is 11.5 Å². The van der Waals surface area contributed by atoms with E-state index in [1.165, 1.54) is 7.11 Å². The molecule has 7 heteroatoms. The van der Waals surface area contributed by atoms with Crippen molar-refractivity contribution in [2.75, 3.05) is 20.3 Å². The van der Waals surface area contributed by atoms with Gasteiger partial charge in [-0.15, -0.1) is 0 Å². The van der Waals surface area contributed by atoms with Crippen molar-refractivity contribution < 1.29 is 34.0 Å². The number of aliphatic carboxylic acids is 2. The second-order valence-corrected chi connectivity index (χ2v) is 5.09. The molecule has 1 aliphatic rings. The Kier molecular flexibility index (Phi) is 5.21. The number of ether oxygens (including phenoxy) is 3. The molecule has 1 saturated heterocycles. The monoisotopic (exact) mass is 310 g/mol. The average Bonchev–Trinajstić information content (AvgIpc) is 2.91. The predicted octanol–water partition coefficient (Wildman–Crippen LogP) is 1.26. The standard InChI is InChI=1S/C15H18O7/c1-20-11-4-2-3-5-12(11)22-14(15(18)19)10-8-21-7-9(10)6-13(16)17/h2-5,9-10,14H,6-8H2,1H3,(H,16,17)(H,18,19). The van der Waals surface area contributed by atoms with E-state index >= 15 is 0 Å². The van der Waals surface area contributed by atoms with Crippen LogP contribution in [-0.4, -0.2) is 48.6 Å². The van der Waals surface area contributed by atoms with Crippen LogP contribution >= 0.6 is 0 Å². The SMILES string of the molecule is COc1ccccc1OC(C(=O)O)C1COCC1CC(=O)O. The highest BCUT2D eigenvalue weighted by Gasteiger charge is 2.41. The summed E-state index contributed by atoms with van der Waals surface area (Å²) in [7, 11) is 1.46. The molecule has 1 aliphatic heterocycles. The zero-order valence-electron chi connectivity index (χ0n) is 12.1. The Balaban J connectivity index is 2.19. The Labute approximate surface area is 127 Å². The number of carbonyl (C=O) groups is 2. The lowest BCUT2D eigenvalue weighted by molar-refractivity contribution is -0.149. The summed E-state index contributed by atoms with van der Waals surface area (Å²) in [6.07, 6.45) is -1.34. The smallest absolute Gasteiger partial charge is 0.345 e. The molecule has 0 bridgehead atoms. The number of rotatable bonds is 7. The average molecular weight is 310 g/mol. The van der Waals surface area contributed by atoms with Crippen LogP contribution in [0.2, 0.25) is 0 Å². The van der Waals surface area contributed by atoms with Crippen LogP contribution in [0.5, 0.6) is 11.5 Å². The van der Waals surface area contributed by atoms with Gasteiger partial charge in [0.25, 0.3) is 0 Å². The fourth-order valence-electron chi connectivity index (χ4n) is 2.56. The molecule has 2 rings (SSSR count). The first-order valence-corrected chi connectivity index (χ1v) is 6.85. The molecule has 0 amide bonds. The van der Waals surface area contributed by atoms with Gasteiger partial charge in [-0.3, -0.25) is 4.79 Å². The number of carboxylic acid groups (broad SMARTS) is 2. The second kappa shape index (κ2) is 7.13. The number of hydrogen-bond donors (Lipinski definition) is 2. The third kappa shape index (κ3) is 3.67. The normalized spacial score (nSPS) is 22.0. The largest absolute Gasteiger partial charge is 0.493 e. The summed E-state index contributed by atoms with van der Waals surface area (Å²) >= 11 is 0. The quantitative estimate of drug-likeness (QED) is 0.781. The fourth-order valence-corrected chi connectivity index (χ4v) is 2.56. The minimum Gasteiger partial charge on any atom is -0.493 e. The molecule has 3 unspecified atom stereocenters. The lowest BCUT2D eigenvalue weighted by Gasteiger charge is -2.24. The molecule has 0 spiro atoms. The van der Waals surface area contributed by atoms with Crippen LogP contribution < -0.4 is 9.47 Å². The third-order valence-corrected chi connectivity index (χ3v) is 3.64. The van der Waals surface area contributed by atoms with Gasteiger partial charge in [0, 0.05) is 11.8 Å². The first-order valence-electron chi connectivity index (χ1n) is 6.85. The molecular weight excluding hydrogens is 292 g/mol. The van der Waals surface area contributed by atoms with E-state index in [1.807, 2.05) is 0 Å². The van der Waals surface area contributed by atoms with Crippen molar-refractivity contribution in [3.05, 3.63) is 24.3 Å². The zero-order chi connectivity index (χ0) is 16.1. The Hall–Kier alpha value is -2.28. The molecule has 0 radical (unpaired) electrons. The highest BCUT2D eigenvalue weighted by atomic mass is 16.5. The van der Waals surface area contributed by atoms with Crippen molar-refractivity contribution >= 4 is 11.9 Å². The van der Waals surface area contributed by atoms with Crippen LogP contribution in [0, 0.1) is 11.8 Å². The maximum Gasteiger partial charge on any atom is 0.345 e. The first kappa shape index (κ1) is 16.1. The van der Waals surface area contributed by atoms with E-state index in [4.69, 9.17) is 19.3 Å². The van der Waals surface area contributed by atoms with Crippen LogP contribution in [0.15, 0.2) is 24.3 Å². The Bertz CT molecular complexity index is 542. The molecule has 1 heterocycles. The van der Waals surface area contributed by atoms with Crippen molar-refractivity contribution in [1.82, 2.24) is 0 Å². The molecule has 3 atom stereocenters. The van der Waals surface area contributed by atoms with E-state index in [9.17, 15) is 14.7 Å². The summed E-state index contributed by atoms with van der Waals surface area (Å²) in [5.41, 5.74) is 0. The van der Waals surface area contributed by atoms with Gasteiger partial charge >= 0.3 is 11.9 Å². The summed E-state index contributed by atoms with van der Waals surface area (Å²) in [5, 5.41) is 18.4. The topological polar surface area (TPSA) is 102 Å². The molecule has 22 heavy (non-hydrogen) atoms. The van der Waals surface area contributed by atoms with Crippen molar-refractivity contribution in [2.24, 2.45) is 11.8 Å². The first-order chi connectivity index (χ1) is 10.5. The van der Waals surface area contributed by atoms with Gasteiger partial charge < -0.3 is 24.4 Å². The number of carboxylic acids is 2. The molecule has 1 aromatic rings. The van der Waals surface area contributed by atoms with Crippen LogP contribution in [0.3, 0.4) is 0 Å². The highest BCUT2D eigenvalue weighted by Crippen LogP contribution is 2.33. The summed E-state index contributed by atoms with van der Waals surface area (Å²) in [4.78, 5) is 22.4. The summed E-state index contributed by atoms with van der Waals surface area (Å²) in [6, 6.07) is 6.72. The van der Waals surface area contributed by atoms with Gasteiger partial charge in [0.15, 0.2) is 11.5 Å². The molecule has 120 valence electrons. The van der Waals surface area contributed by atoms with Gasteiger partial charge in [-0.25, -0.2) is 4.79 Å². The number of methoxy groups -OCH3 is 1. The zero-order valence-corrected chi connectivity index (χ0v) is 12.1. The van der Waals surface area contributed by atoms with Crippen LogP contribution in [0.4, 0.5) is 0 Å². The van der Waals surface area contributed by atoms with Crippen LogP contribution in [0.1, 0.15) is 6.42 Å². The van der Waals surface area contributed by atoms with Crippen molar-refractivity contribution in [2.45, 2.75) is 12.5 Å². The van der Waals surface area contributed by atoms with Crippen molar-refractivity contribution in [3.63, 3.8) is 0 Å². The molecule has 7 nitrogen and oxygen atoms in total. The molecule has 2 N–H and O–H groups in total. The van der Waals surface area contributed by atoms with E-state index in [2.05, 4.69) is 0 Å². The molecule has 0 saturated carbocycles. The molecule has 1 fully saturated rings. The van der Waals surface area contributed by atoms with Gasteiger partial charge in [-0.2, -0.15) is 0 Å². The minimum absolute atomic E-state index is 0.149. The summed E-state index contributed by atoms with van der Waals surface area (Å²) in [5.74, 6) is -2.34. The lowest BCUT2D eigenvalue weighted by Crippen LogP contribution is -2.39. The van der Waals surface area contributed by atoms with Gasteiger partial charge in [0.1, 0.15) is 0 Å². The molecular formula is C15H18O7.